The maximum atomic E-state index is 12.9. The predicted molar refractivity (Wildman–Crippen MR) is 353 cm³/mol. The van der Waals surface area contributed by atoms with Gasteiger partial charge >= 0.3 is 17.9 Å². The molecule has 0 spiro atoms. The van der Waals surface area contributed by atoms with Crippen molar-refractivity contribution in [3.8, 4) is 0 Å². The number of allylic oxidation sites excluding steroid dienone is 18. The lowest BCUT2D eigenvalue weighted by Crippen LogP contribution is -2.30. The van der Waals surface area contributed by atoms with Crippen molar-refractivity contribution >= 4 is 17.9 Å². The van der Waals surface area contributed by atoms with Crippen molar-refractivity contribution in [3.63, 3.8) is 0 Å². The molecular formula is C75H128O6. The summed E-state index contributed by atoms with van der Waals surface area (Å²) in [6.07, 6.45) is 94.0. The van der Waals surface area contributed by atoms with Crippen LogP contribution in [0.3, 0.4) is 0 Å². The summed E-state index contributed by atoms with van der Waals surface area (Å²) in [4.78, 5) is 38.4. The minimum absolute atomic E-state index is 0.0935. The Bertz CT molecular complexity index is 1620. The van der Waals surface area contributed by atoms with Crippen LogP contribution in [0.15, 0.2) is 109 Å². The van der Waals surface area contributed by atoms with E-state index < -0.39 is 6.10 Å². The normalized spacial score (nSPS) is 12.8. The van der Waals surface area contributed by atoms with Crippen molar-refractivity contribution in [2.75, 3.05) is 13.2 Å². The maximum Gasteiger partial charge on any atom is 0.306 e. The van der Waals surface area contributed by atoms with Gasteiger partial charge in [-0.15, -0.1) is 0 Å². The summed E-state index contributed by atoms with van der Waals surface area (Å²) in [7, 11) is 0. The fourth-order valence-electron chi connectivity index (χ4n) is 9.71. The Morgan fingerprint density at radius 3 is 0.802 bits per heavy atom. The topological polar surface area (TPSA) is 78.9 Å². The molecule has 0 saturated carbocycles. The van der Waals surface area contributed by atoms with Crippen molar-refractivity contribution in [2.45, 2.75) is 335 Å². The van der Waals surface area contributed by atoms with Gasteiger partial charge in [0.1, 0.15) is 13.2 Å². The molecule has 0 aliphatic carbocycles. The Morgan fingerprint density at radius 2 is 0.494 bits per heavy atom. The van der Waals surface area contributed by atoms with E-state index in [4.69, 9.17) is 14.2 Å². The molecule has 0 aromatic carbocycles. The molecule has 0 aromatic heterocycles. The first-order valence-electron chi connectivity index (χ1n) is 34.4. The lowest BCUT2D eigenvalue weighted by Gasteiger charge is -2.18. The standard InChI is InChI=1S/C75H128O6/c1-4-7-10-13-16-19-22-25-28-31-33-34-35-36-37-38-39-40-42-44-47-50-53-56-59-62-65-68-74(77)80-71-72(70-79-73(76)67-64-61-58-55-52-49-46-43-30-27-24-21-18-15-12-9-6-3)81-75(78)69-66-63-60-57-54-51-48-45-41-32-29-26-23-20-17-14-11-8-5-2/h7,9-10,12,16,18-19,21,25,27-28,30,33-34,46,49,55,58,72H,4-6,8,11,13-15,17,20,22-24,26,29,31-32,35-45,47-48,50-54,56-57,59-71H2,1-3H3/b10-7-,12-9-,19-16-,21-18-,28-25-,30-27-,34-33-,49-46-,58-55-. The SMILES string of the molecule is CC/C=C\C/C=C\C/C=C\C/C=C\C/C=C\CCCC(=O)OCC(COC(=O)CCCCCCCCCCCCCCCC/C=C\C/C=C\C/C=C\C/C=C\CC)OC(=O)CCCCCCCCCCCCCCCCCCCCC. The van der Waals surface area contributed by atoms with Gasteiger partial charge in [0.15, 0.2) is 6.10 Å². The van der Waals surface area contributed by atoms with Gasteiger partial charge in [-0.25, -0.2) is 0 Å². The highest BCUT2D eigenvalue weighted by Crippen LogP contribution is 2.17. The van der Waals surface area contributed by atoms with Gasteiger partial charge in [0.25, 0.3) is 0 Å². The highest BCUT2D eigenvalue weighted by Gasteiger charge is 2.19. The van der Waals surface area contributed by atoms with Crippen LogP contribution in [0.25, 0.3) is 0 Å². The number of carbonyl (C=O) groups excluding carboxylic acids is 3. The number of carbonyl (C=O) groups is 3. The molecule has 6 nitrogen and oxygen atoms in total. The third-order valence-electron chi connectivity index (χ3n) is 14.8. The fourth-order valence-corrected chi connectivity index (χ4v) is 9.71. The number of esters is 3. The van der Waals surface area contributed by atoms with Crippen LogP contribution in [-0.2, 0) is 28.6 Å². The van der Waals surface area contributed by atoms with Gasteiger partial charge in [-0.05, 0) is 96.3 Å². The second-order valence-electron chi connectivity index (χ2n) is 22.7. The smallest absolute Gasteiger partial charge is 0.306 e. The minimum atomic E-state index is -0.802. The number of unbranched alkanes of at least 4 members (excludes halogenated alkanes) is 33. The van der Waals surface area contributed by atoms with E-state index in [1.54, 1.807) is 0 Å². The first-order chi connectivity index (χ1) is 40.0. The zero-order valence-electron chi connectivity index (χ0n) is 53.3. The summed E-state index contributed by atoms with van der Waals surface area (Å²) >= 11 is 0. The van der Waals surface area contributed by atoms with Gasteiger partial charge in [0.05, 0.1) is 0 Å². The van der Waals surface area contributed by atoms with Crippen LogP contribution in [0, 0.1) is 0 Å². The number of hydrogen-bond acceptors (Lipinski definition) is 6. The summed E-state index contributed by atoms with van der Waals surface area (Å²) in [5.74, 6) is -0.940. The van der Waals surface area contributed by atoms with E-state index in [0.29, 0.717) is 19.3 Å². The molecule has 0 rings (SSSR count). The van der Waals surface area contributed by atoms with Crippen LogP contribution in [0.1, 0.15) is 329 Å². The van der Waals surface area contributed by atoms with Crippen molar-refractivity contribution in [2.24, 2.45) is 0 Å². The van der Waals surface area contributed by atoms with E-state index in [1.165, 1.54) is 180 Å². The van der Waals surface area contributed by atoms with Crippen LogP contribution in [0.2, 0.25) is 0 Å². The molecule has 0 fully saturated rings. The van der Waals surface area contributed by atoms with Crippen LogP contribution in [0.4, 0.5) is 0 Å². The molecule has 6 heteroatoms. The van der Waals surface area contributed by atoms with Gasteiger partial charge in [0, 0.05) is 19.3 Å². The number of ether oxygens (including phenoxy) is 3. The largest absolute Gasteiger partial charge is 0.462 e. The summed E-state index contributed by atoms with van der Waals surface area (Å²) < 4.78 is 16.9. The van der Waals surface area contributed by atoms with E-state index in [-0.39, 0.29) is 37.5 Å². The molecule has 0 heterocycles. The van der Waals surface area contributed by atoms with Gasteiger partial charge in [-0.1, -0.05) is 323 Å². The molecule has 0 aliphatic rings. The zero-order valence-corrected chi connectivity index (χ0v) is 53.3. The highest BCUT2D eigenvalue weighted by molar-refractivity contribution is 5.71. The summed E-state index contributed by atoms with van der Waals surface area (Å²) in [6, 6.07) is 0. The Kier molecular flexibility index (Phi) is 65.2. The molecule has 0 N–H and O–H groups in total. The van der Waals surface area contributed by atoms with Crippen molar-refractivity contribution in [3.05, 3.63) is 109 Å². The molecule has 0 radical (unpaired) electrons. The third-order valence-corrected chi connectivity index (χ3v) is 14.8. The van der Waals surface area contributed by atoms with Gasteiger partial charge in [0.2, 0.25) is 0 Å². The Morgan fingerprint density at radius 1 is 0.259 bits per heavy atom. The highest BCUT2D eigenvalue weighted by atomic mass is 16.6. The van der Waals surface area contributed by atoms with E-state index >= 15 is 0 Å². The summed E-state index contributed by atoms with van der Waals surface area (Å²) in [5.41, 5.74) is 0. The minimum Gasteiger partial charge on any atom is -0.462 e. The molecule has 81 heavy (non-hydrogen) atoms. The van der Waals surface area contributed by atoms with Crippen LogP contribution in [0.5, 0.6) is 0 Å². The molecule has 1 atom stereocenters. The summed E-state index contributed by atoms with van der Waals surface area (Å²) in [6.45, 7) is 6.41. The molecule has 0 aromatic rings. The third kappa shape index (κ3) is 66.8. The second kappa shape index (κ2) is 68.6. The van der Waals surface area contributed by atoms with Crippen LogP contribution in [-0.4, -0.2) is 37.2 Å². The first kappa shape index (κ1) is 77.1. The first-order valence-corrected chi connectivity index (χ1v) is 34.4. The summed E-state index contributed by atoms with van der Waals surface area (Å²) in [5, 5.41) is 0. The molecule has 0 amide bonds. The van der Waals surface area contributed by atoms with Gasteiger partial charge in [-0.3, -0.25) is 14.4 Å². The molecule has 0 saturated heterocycles. The lowest BCUT2D eigenvalue weighted by atomic mass is 10.0. The van der Waals surface area contributed by atoms with Gasteiger partial charge < -0.3 is 14.2 Å². The Balaban J connectivity index is 4.36. The maximum absolute atomic E-state index is 12.9. The quantitative estimate of drug-likeness (QED) is 0.0261. The molecule has 0 aliphatic heterocycles. The monoisotopic (exact) mass is 1120 g/mol. The van der Waals surface area contributed by atoms with E-state index in [1.807, 2.05) is 0 Å². The average Bonchev–Trinajstić information content (AvgIpc) is 3.47. The number of hydrogen-bond donors (Lipinski definition) is 0. The Labute approximate surface area is 501 Å². The Hall–Kier alpha value is -3.93. The lowest BCUT2D eigenvalue weighted by molar-refractivity contribution is -0.167. The van der Waals surface area contributed by atoms with Crippen molar-refractivity contribution in [1.29, 1.82) is 0 Å². The van der Waals surface area contributed by atoms with Crippen molar-refractivity contribution in [1.82, 2.24) is 0 Å². The van der Waals surface area contributed by atoms with Crippen molar-refractivity contribution < 1.29 is 28.6 Å². The number of rotatable bonds is 62. The molecule has 1 unspecified atom stereocenters. The zero-order chi connectivity index (χ0) is 58.5. The van der Waals surface area contributed by atoms with E-state index in [0.717, 1.165) is 103 Å². The van der Waals surface area contributed by atoms with Crippen LogP contribution >= 0.6 is 0 Å². The molecule has 464 valence electrons. The van der Waals surface area contributed by atoms with E-state index in [2.05, 4.69) is 130 Å². The second-order valence-corrected chi connectivity index (χ2v) is 22.7. The van der Waals surface area contributed by atoms with Crippen LogP contribution < -0.4 is 0 Å². The van der Waals surface area contributed by atoms with E-state index in [9.17, 15) is 14.4 Å². The predicted octanol–water partition coefficient (Wildman–Crippen LogP) is 23.8. The molecular weight excluding hydrogens is 997 g/mol. The van der Waals surface area contributed by atoms with Gasteiger partial charge in [-0.2, -0.15) is 0 Å². The average molecular weight is 1130 g/mol. The molecule has 0 bridgehead atoms. The fraction of sp³-hybridized carbons (Fsp3) is 0.720.